The highest BCUT2D eigenvalue weighted by molar-refractivity contribution is 5.76. The van der Waals surface area contributed by atoms with Gasteiger partial charge in [-0.05, 0) is 32.4 Å². The third-order valence-corrected chi connectivity index (χ3v) is 3.77. The van der Waals surface area contributed by atoms with E-state index < -0.39 is 29.5 Å². The molecule has 0 bridgehead atoms. The number of likely N-dealkylation sites (tertiary alicyclic amines) is 1. The number of nitrogens with zero attached hydrogens (tertiary/aromatic N) is 2. The van der Waals surface area contributed by atoms with Crippen LogP contribution in [0, 0.1) is 17.2 Å². The molecule has 1 aliphatic heterocycles. The summed E-state index contributed by atoms with van der Waals surface area (Å²) in [5, 5.41) is 18.7. The standard InChI is InChI=1S/C17H20N2O4/c1-17(2,3)23-16(22)19-9-13(14(10-19)15(20)21)12-7-5-4-6-11(12)8-18/h4-7,13-14H,9-10H2,1-3H3,(H,20,21). The maximum atomic E-state index is 12.2. The first kappa shape index (κ1) is 16.8. The highest BCUT2D eigenvalue weighted by Gasteiger charge is 2.42. The monoisotopic (exact) mass is 316 g/mol. The molecule has 6 nitrogen and oxygen atoms in total. The fourth-order valence-electron chi connectivity index (χ4n) is 2.77. The number of carboxylic acid groups (broad SMARTS) is 1. The summed E-state index contributed by atoms with van der Waals surface area (Å²) in [6.45, 7) is 5.59. The number of aliphatic carboxylic acids is 1. The molecule has 1 aliphatic rings. The number of carbonyl (C=O) groups is 2. The van der Waals surface area contributed by atoms with Gasteiger partial charge in [-0.3, -0.25) is 4.79 Å². The maximum absolute atomic E-state index is 12.2. The quantitative estimate of drug-likeness (QED) is 0.905. The molecule has 1 aromatic rings. The predicted molar refractivity (Wildman–Crippen MR) is 82.8 cm³/mol. The van der Waals surface area contributed by atoms with E-state index in [0.29, 0.717) is 11.1 Å². The van der Waals surface area contributed by atoms with Gasteiger partial charge in [0.05, 0.1) is 17.6 Å². The molecule has 122 valence electrons. The lowest BCUT2D eigenvalue weighted by Gasteiger charge is -2.24. The second-order valence-electron chi connectivity index (χ2n) is 6.64. The molecule has 0 radical (unpaired) electrons. The molecular weight excluding hydrogens is 296 g/mol. The highest BCUT2D eigenvalue weighted by atomic mass is 16.6. The summed E-state index contributed by atoms with van der Waals surface area (Å²) < 4.78 is 5.32. The van der Waals surface area contributed by atoms with E-state index in [4.69, 9.17) is 4.74 Å². The van der Waals surface area contributed by atoms with Gasteiger partial charge >= 0.3 is 12.1 Å². The van der Waals surface area contributed by atoms with Crippen LogP contribution in [0.3, 0.4) is 0 Å². The fourth-order valence-corrected chi connectivity index (χ4v) is 2.77. The minimum atomic E-state index is -0.978. The van der Waals surface area contributed by atoms with Gasteiger partial charge in [-0.1, -0.05) is 18.2 Å². The average Bonchev–Trinajstić information content (AvgIpc) is 2.90. The summed E-state index contributed by atoms with van der Waals surface area (Å²) >= 11 is 0. The third kappa shape index (κ3) is 3.81. The van der Waals surface area contributed by atoms with Crippen LogP contribution in [0.1, 0.15) is 37.8 Å². The SMILES string of the molecule is CC(C)(C)OC(=O)N1CC(C(=O)O)C(c2ccccc2C#N)C1. The van der Waals surface area contributed by atoms with E-state index >= 15 is 0 Å². The second kappa shape index (κ2) is 6.29. The molecule has 0 aliphatic carbocycles. The zero-order valence-corrected chi connectivity index (χ0v) is 13.4. The van der Waals surface area contributed by atoms with E-state index in [1.807, 2.05) is 0 Å². The van der Waals surface area contributed by atoms with Crippen molar-refractivity contribution >= 4 is 12.1 Å². The van der Waals surface area contributed by atoms with Crippen LogP contribution in [0.5, 0.6) is 0 Å². The van der Waals surface area contributed by atoms with E-state index in [0.717, 1.165) is 0 Å². The molecule has 1 aromatic carbocycles. The molecule has 1 fully saturated rings. The van der Waals surface area contributed by atoms with E-state index in [2.05, 4.69) is 6.07 Å². The minimum absolute atomic E-state index is 0.0781. The lowest BCUT2D eigenvalue weighted by Crippen LogP contribution is -2.35. The van der Waals surface area contributed by atoms with Crippen LogP contribution >= 0.6 is 0 Å². The molecule has 23 heavy (non-hydrogen) atoms. The summed E-state index contributed by atoms with van der Waals surface area (Å²) in [5.41, 5.74) is 0.460. The summed E-state index contributed by atoms with van der Waals surface area (Å²) in [6, 6.07) is 9.00. The Morgan fingerprint density at radius 3 is 2.52 bits per heavy atom. The van der Waals surface area contributed by atoms with Crippen molar-refractivity contribution in [2.75, 3.05) is 13.1 Å². The molecule has 0 saturated carbocycles. The first-order chi connectivity index (χ1) is 10.7. The normalized spacial score (nSPS) is 20.9. The number of hydrogen-bond donors (Lipinski definition) is 1. The van der Waals surface area contributed by atoms with Crippen molar-refractivity contribution in [1.82, 2.24) is 4.90 Å². The molecule has 1 heterocycles. The summed E-state index contributed by atoms with van der Waals surface area (Å²) in [5.74, 6) is -2.15. The van der Waals surface area contributed by atoms with Crippen LogP contribution in [0.25, 0.3) is 0 Å². The Labute approximate surface area is 135 Å². The number of carboxylic acids is 1. The number of ether oxygens (including phenoxy) is 1. The zero-order chi connectivity index (χ0) is 17.2. The fraction of sp³-hybridized carbons (Fsp3) is 0.471. The highest BCUT2D eigenvalue weighted by Crippen LogP contribution is 2.35. The number of rotatable bonds is 2. The molecule has 2 unspecified atom stereocenters. The molecule has 1 saturated heterocycles. The summed E-state index contributed by atoms with van der Waals surface area (Å²) in [7, 11) is 0. The Morgan fingerprint density at radius 2 is 1.96 bits per heavy atom. The number of nitriles is 1. The van der Waals surface area contributed by atoms with Gasteiger partial charge in [0.1, 0.15) is 5.60 Å². The molecule has 2 atom stereocenters. The van der Waals surface area contributed by atoms with Gasteiger partial charge in [0, 0.05) is 19.0 Å². The van der Waals surface area contributed by atoms with Gasteiger partial charge in [-0.25, -0.2) is 4.79 Å². The summed E-state index contributed by atoms with van der Waals surface area (Å²) in [6.07, 6.45) is -0.527. The molecule has 0 spiro atoms. The van der Waals surface area contributed by atoms with Crippen molar-refractivity contribution in [1.29, 1.82) is 5.26 Å². The van der Waals surface area contributed by atoms with Crippen LogP contribution < -0.4 is 0 Å². The van der Waals surface area contributed by atoms with Crippen molar-refractivity contribution in [2.45, 2.75) is 32.3 Å². The Kier molecular flexibility index (Phi) is 4.60. The van der Waals surface area contributed by atoms with Crippen LogP contribution in [0.2, 0.25) is 0 Å². The van der Waals surface area contributed by atoms with E-state index in [1.54, 1.807) is 45.0 Å². The van der Waals surface area contributed by atoms with Gasteiger partial charge in [-0.2, -0.15) is 5.26 Å². The third-order valence-electron chi connectivity index (χ3n) is 3.77. The van der Waals surface area contributed by atoms with Gasteiger partial charge in [-0.15, -0.1) is 0 Å². The first-order valence-corrected chi connectivity index (χ1v) is 7.42. The summed E-state index contributed by atoms with van der Waals surface area (Å²) in [4.78, 5) is 25.2. The van der Waals surface area contributed by atoms with Crippen LogP contribution in [0.4, 0.5) is 4.79 Å². The van der Waals surface area contributed by atoms with Gasteiger partial charge in [0.2, 0.25) is 0 Å². The molecular formula is C17H20N2O4. The van der Waals surface area contributed by atoms with E-state index in [1.165, 1.54) is 4.90 Å². The van der Waals surface area contributed by atoms with Crippen LogP contribution in [0.15, 0.2) is 24.3 Å². The lowest BCUT2D eigenvalue weighted by atomic mass is 9.86. The Morgan fingerprint density at radius 1 is 1.30 bits per heavy atom. The number of hydrogen-bond acceptors (Lipinski definition) is 4. The second-order valence-corrected chi connectivity index (χ2v) is 6.64. The molecule has 6 heteroatoms. The Balaban J connectivity index is 2.28. The lowest BCUT2D eigenvalue weighted by molar-refractivity contribution is -0.141. The molecule has 1 amide bonds. The predicted octanol–water partition coefficient (Wildman–Crippen LogP) is 2.59. The maximum Gasteiger partial charge on any atom is 0.410 e. The van der Waals surface area contributed by atoms with E-state index in [9.17, 15) is 20.0 Å². The van der Waals surface area contributed by atoms with Gasteiger partial charge in [0.25, 0.3) is 0 Å². The van der Waals surface area contributed by atoms with Crippen LogP contribution in [-0.2, 0) is 9.53 Å². The van der Waals surface area contributed by atoms with Crippen molar-refractivity contribution in [3.05, 3.63) is 35.4 Å². The number of amides is 1. The minimum Gasteiger partial charge on any atom is -0.481 e. The van der Waals surface area contributed by atoms with Gasteiger partial charge in [0.15, 0.2) is 0 Å². The first-order valence-electron chi connectivity index (χ1n) is 7.42. The number of benzene rings is 1. The Bertz CT molecular complexity index is 657. The molecule has 1 N–H and O–H groups in total. The van der Waals surface area contributed by atoms with Crippen molar-refractivity contribution in [3.63, 3.8) is 0 Å². The topological polar surface area (TPSA) is 90.6 Å². The smallest absolute Gasteiger partial charge is 0.410 e. The largest absolute Gasteiger partial charge is 0.481 e. The number of carbonyl (C=O) groups excluding carboxylic acids is 1. The van der Waals surface area contributed by atoms with Crippen molar-refractivity contribution in [3.8, 4) is 6.07 Å². The zero-order valence-electron chi connectivity index (χ0n) is 13.4. The Hall–Kier alpha value is -2.55. The van der Waals surface area contributed by atoms with Crippen molar-refractivity contribution < 1.29 is 19.4 Å². The average molecular weight is 316 g/mol. The van der Waals surface area contributed by atoms with Crippen molar-refractivity contribution in [2.24, 2.45) is 5.92 Å². The molecule has 2 rings (SSSR count). The molecule has 0 aromatic heterocycles. The van der Waals surface area contributed by atoms with Gasteiger partial charge < -0.3 is 14.7 Å². The van der Waals surface area contributed by atoms with E-state index in [-0.39, 0.29) is 13.1 Å². The van der Waals surface area contributed by atoms with Crippen LogP contribution in [-0.4, -0.2) is 40.8 Å².